The van der Waals surface area contributed by atoms with Crippen LogP contribution in [0.5, 0.6) is 17.2 Å². The lowest BCUT2D eigenvalue weighted by Crippen LogP contribution is -2.42. The Hall–Kier alpha value is -3.68. The fourth-order valence-corrected chi connectivity index (χ4v) is 4.10. The van der Waals surface area contributed by atoms with Crippen molar-refractivity contribution in [2.45, 2.75) is 31.8 Å². The van der Waals surface area contributed by atoms with Gasteiger partial charge in [-0.3, -0.25) is 4.79 Å². The first-order chi connectivity index (χ1) is 16.2. The smallest absolute Gasteiger partial charge is 0.344 e. The van der Waals surface area contributed by atoms with Gasteiger partial charge in [0.15, 0.2) is 24.7 Å². The maximum absolute atomic E-state index is 12.0. The third-order valence-electron chi connectivity index (χ3n) is 5.74. The highest BCUT2D eigenvalue weighted by Crippen LogP contribution is 2.34. The first-order valence-electron chi connectivity index (χ1n) is 11.1. The van der Waals surface area contributed by atoms with E-state index in [-0.39, 0.29) is 25.9 Å². The molecule has 1 unspecified atom stereocenters. The van der Waals surface area contributed by atoms with E-state index in [1.165, 1.54) is 5.56 Å². The number of ether oxygens (including phenoxy) is 4. The van der Waals surface area contributed by atoms with Crippen LogP contribution in [-0.4, -0.2) is 44.3 Å². The van der Waals surface area contributed by atoms with Crippen LogP contribution >= 0.6 is 0 Å². The number of para-hydroxylation sites is 2. The SMILES string of the molecule is O=C(COC(=O)COc1ccc2oc3c(c2c1)CCCC3)NCC1COc2ccccc2O1. The molecular weight excluding hydrogens is 426 g/mol. The fourth-order valence-electron chi connectivity index (χ4n) is 4.10. The Morgan fingerprint density at radius 2 is 1.88 bits per heavy atom. The number of rotatable bonds is 7. The van der Waals surface area contributed by atoms with Gasteiger partial charge in [-0.2, -0.15) is 0 Å². The third-order valence-corrected chi connectivity index (χ3v) is 5.74. The molecule has 33 heavy (non-hydrogen) atoms. The van der Waals surface area contributed by atoms with Crippen LogP contribution in [0.2, 0.25) is 0 Å². The van der Waals surface area contributed by atoms with E-state index < -0.39 is 11.9 Å². The minimum Gasteiger partial charge on any atom is -0.486 e. The fraction of sp³-hybridized carbons (Fsp3) is 0.360. The quantitative estimate of drug-likeness (QED) is 0.551. The molecule has 0 saturated carbocycles. The predicted molar refractivity (Wildman–Crippen MR) is 119 cm³/mol. The second kappa shape index (κ2) is 9.44. The number of aryl methyl sites for hydroxylation is 2. The van der Waals surface area contributed by atoms with Crippen molar-refractivity contribution in [2.24, 2.45) is 0 Å². The van der Waals surface area contributed by atoms with Crippen molar-refractivity contribution in [1.82, 2.24) is 5.32 Å². The van der Waals surface area contributed by atoms with E-state index in [4.69, 9.17) is 23.4 Å². The Morgan fingerprint density at radius 1 is 1.03 bits per heavy atom. The van der Waals surface area contributed by atoms with Crippen molar-refractivity contribution in [3.63, 3.8) is 0 Å². The van der Waals surface area contributed by atoms with Crippen LogP contribution in [0.15, 0.2) is 46.9 Å². The van der Waals surface area contributed by atoms with Crippen molar-refractivity contribution in [2.75, 3.05) is 26.4 Å². The molecule has 8 nitrogen and oxygen atoms in total. The molecule has 1 N–H and O–H groups in total. The summed E-state index contributed by atoms with van der Waals surface area (Å²) >= 11 is 0. The number of fused-ring (bicyclic) bond motifs is 4. The molecule has 0 spiro atoms. The zero-order valence-corrected chi connectivity index (χ0v) is 18.1. The van der Waals surface area contributed by atoms with Crippen molar-refractivity contribution in [3.05, 3.63) is 53.8 Å². The minimum atomic E-state index is -0.620. The summed E-state index contributed by atoms with van der Waals surface area (Å²) in [6, 6.07) is 12.9. The number of benzene rings is 2. The van der Waals surface area contributed by atoms with Gasteiger partial charge in [0.1, 0.15) is 29.8 Å². The number of esters is 1. The lowest BCUT2D eigenvalue weighted by molar-refractivity contribution is -0.150. The van der Waals surface area contributed by atoms with Gasteiger partial charge in [-0.05, 0) is 49.6 Å². The van der Waals surface area contributed by atoms with E-state index in [1.54, 1.807) is 6.07 Å². The molecule has 5 rings (SSSR count). The maximum Gasteiger partial charge on any atom is 0.344 e. The predicted octanol–water partition coefficient (Wildman–Crippen LogP) is 3.19. The lowest BCUT2D eigenvalue weighted by atomic mass is 9.96. The van der Waals surface area contributed by atoms with E-state index >= 15 is 0 Å². The largest absolute Gasteiger partial charge is 0.486 e. The molecular formula is C25H25NO7. The van der Waals surface area contributed by atoms with Crippen molar-refractivity contribution in [3.8, 4) is 17.2 Å². The number of amides is 1. The number of hydrogen-bond acceptors (Lipinski definition) is 7. The number of nitrogens with one attached hydrogen (secondary N) is 1. The number of carbonyl (C=O) groups is 2. The van der Waals surface area contributed by atoms with Gasteiger partial charge in [0, 0.05) is 17.4 Å². The lowest BCUT2D eigenvalue weighted by Gasteiger charge is -2.26. The van der Waals surface area contributed by atoms with Crippen LogP contribution in [-0.2, 0) is 27.2 Å². The molecule has 1 aliphatic heterocycles. The summed E-state index contributed by atoms with van der Waals surface area (Å²) in [6.07, 6.45) is 3.93. The van der Waals surface area contributed by atoms with Crippen LogP contribution < -0.4 is 19.5 Å². The molecule has 0 radical (unpaired) electrons. The average Bonchev–Trinajstić information content (AvgIpc) is 3.23. The van der Waals surface area contributed by atoms with E-state index in [0.717, 1.165) is 42.4 Å². The summed E-state index contributed by atoms with van der Waals surface area (Å²) in [5.41, 5.74) is 2.07. The second-order valence-corrected chi connectivity index (χ2v) is 8.12. The van der Waals surface area contributed by atoms with Gasteiger partial charge in [-0.1, -0.05) is 12.1 Å². The summed E-state index contributed by atoms with van der Waals surface area (Å²) in [6.45, 7) is -0.0960. The van der Waals surface area contributed by atoms with Gasteiger partial charge >= 0.3 is 5.97 Å². The third kappa shape index (κ3) is 4.89. The molecule has 0 saturated heterocycles. The summed E-state index contributed by atoms with van der Waals surface area (Å²) in [5.74, 6) is 1.89. The highest BCUT2D eigenvalue weighted by Gasteiger charge is 2.21. The number of carbonyl (C=O) groups excluding carboxylic acids is 2. The normalized spacial score (nSPS) is 16.7. The summed E-state index contributed by atoms with van der Waals surface area (Å²) in [7, 11) is 0. The second-order valence-electron chi connectivity index (χ2n) is 8.12. The molecule has 1 aliphatic carbocycles. The summed E-state index contributed by atoms with van der Waals surface area (Å²) < 4.78 is 27.9. The van der Waals surface area contributed by atoms with E-state index in [0.29, 0.717) is 23.9 Å². The van der Waals surface area contributed by atoms with Gasteiger partial charge in [0.05, 0.1) is 6.54 Å². The zero-order valence-electron chi connectivity index (χ0n) is 18.1. The van der Waals surface area contributed by atoms with Gasteiger partial charge in [-0.25, -0.2) is 4.79 Å². The van der Waals surface area contributed by atoms with Crippen LogP contribution in [0.3, 0.4) is 0 Å². The Labute approximate surface area is 190 Å². The van der Waals surface area contributed by atoms with Crippen LogP contribution in [0.4, 0.5) is 0 Å². The topological polar surface area (TPSA) is 96.2 Å². The van der Waals surface area contributed by atoms with E-state index in [9.17, 15) is 9.59 Å². The summed E-state index contributed by atoms with van der Waals surface area (Å²) in [4.78, 5) is 24.0. The van der Waals surface area contributed by atoms with Crippen molar-refractivity contribution < 1.29 is 33.0 Å². The Bertz CT molecular complexity index is 1170. The highest BCUT2D eigenvalue weighted by molar-refractivity contribution is 5.84. The average molecular weight is 451 g/mol. The van der Waals surface area contributed by atoms with Gasteiger partial charge in [0.25, 0.3) is 5.91 Å². The molecule has 0 bridgehead atoms. The molecule has 1 atom stereocenters. The van der Waals surface area contributed by atoms with E-state index in [1.807, 2.05) is 36.4 Å². The Balaban J connectivity index is 1.05. The molecule has 2 heterocycles. The van der Waals surface area contributed by atoms with Crippen LogP contribution in [0.1, 0.15) is 24.2 Å². The number of furan rings is 1. The molecule has 3 aromatic rings. The number of hydrogen-bond donors (Lipinski definition) is 1. The van der Waals surface area contributed by atoms with Crippen LogP contribution in [0.25, 0.3) is 11.0 Å². The first-order valence-corrected chi connectivity index (χ1v) is 11.1. The van der Waals surface area contributed by atoms with Crippen LogP contribution in [0, 0.1) is 0 Å². The van der Waals surface area contributed by atoms with Crippen molar-refractivity contribution in [1.29, 1.82) is 0 Å². The highest BCUT2D eigenvalue weighted by atomic mass is 16.6. The molecule has 172 valence electrons. The minimum absolute atomic E-state index is 0.246. The molecule has 2 aromatic carbocycles. The van der Waals surface area contributed by atoms with Crippen molar-refractivity contribution >= 4 is 22.8 Å². The molecule has 0 fully saturated rings. The molecule has 1 aromatic heterocycles. The molecule has 1 amide bonds. The molecule has 8 heteroatoms. The maximum atomic E-state index is 12.0. The Kier molecular flexibility index (Phi) is 6.06. The van der Waals surface area contributed by atoms with Gasteiger partial charge in [-0.15, -0.1) is 0 Å². The van der Waals surface area contributed by atoms with Gasteiger partial charge in [0.2, 0.25) is 0 Å². The Morgan fingerprint density at radius 3 is 2.79 bits per heavy atom. The monoisotopic (exact) mass is 451 g/mol. The molecule has 2 aliphatic rings. The van der Waals surface area contributed by atoms with Gasteiger partial charge < -0.3 is 28.7 Å². The first kappa shape index (κ1) is 21.2. The standard InChI is InChI=1S/C25H25NO7/c27-24(26-12-17-13-30-22-7-3-4-8-23(22)32-17)14-31-25(28)15-29-16-9-10-21-19(11-16)18-5-1-2-6-20(18)33-21/h3-4,7-11,17H,1-2,5-6,12-15H2,(H,26,27). The van der Waals surface area contributed by atoms with E-state index in [2.05, 4.69) is 5.32 Å². The zero-order chi connectivity index (χ0) is 22.6. The summed E-state index contributed by atoms with van der Waals surface area (Å²) in [5, 5.41) is 3.72.